The molecule has 1 atom stereocenters. The van der Waals surface area contributed by atoms with E-state index in [1.54, 1.807) is 0 Å². The lowest BCUT2D eigenvalue weighted by molar-refractivity contribution is 0.112. The van der Waals surface area contributed by atoms with Crippen molar-refractivity contribution in [1.82, 2.24) is 4.90 Å². The number of allylic oxidation sites excluding steroid dienone is 1. The maximum Gasteiger partial charge on any atom is 0.150 e. The van der Waals surface area contributed by atoms with Crippen LogP contribution in [0.5, 0.6) is 0 Å². The van der Waals surface area contributed by atoms with Crippen molar-refractivity contribution in [3.8, 4) is 0 Å². The number of hydrogen-bond donors (Lipinski definition) is 0. The minimum atomic E-state index is 0.356. The van der Waals surface area contributed by atoms with E-state index in [0.29, 0.717) is 5.92 Å². The van der Waals surface area contributed by atoms with E-state index in [9.17, 15) is 4.79 Å². The average Bonchev–Trinajstić information content (AvgIpc) is 2.98. The maximum absolute atomic E-state index is 11.6. The molecule has 1 aliphatic heterocycles. The van der Waals surface area contributed by atoms with Crippen LogP contribution in [0.3, 0.4) is 0 Å². The SMILES string of the molecule is C=C(c1cc2c(cc1C=O)CN(CC(CCC)CCC(C)C)C2)C(C)C. The predicted molar refractivity (Wildman–Crippen MR) is 112 cm³/mol. The number of benzene rings is 1. The van der Waals surface area contributed by atoms with Gasteiger partial charge in [-0.1, -0.05) is 54.0 Å². The Bertz CT molecular complexity index is 629. The summed E-state index contributed by atoms with van der Waals surface area (Å²) >= 11 is 0. The fraction of sp³-hybridized carbons (Fsp3) is 0.625. The zero-order valence-electron chi connectivity index (χ0n) is 17.5. The molecular weight excluding hydrogens is 318 g/mol. The summed E-state index contributed by atoms with van der Waals surface area (Å²) in [5.74, 6) is 1.92. The molecule has 144 valence electrons. The van der Waals surface area contributed by atoms with Crippen LogP contribution in [0.15, 0.2) is 18.7 Å². The van der Waals surface area contributed by atoms with E-state index in [-0.39, 0.29) is 0 Å². The molecule has 26 heavy (non-hydrogen) atoms. The molecule has 1 aliphatic rings. The summed E-state index contributed by atoms with van der Waals surface area (Å²) in [6.45, 7) is 18.6. The van der Waals surface area contributed by atoms with Crippen LogP contribution in [0, 0.1) is 17.8 Å². The Hall–Kier alpha value is -1.41. The van der Waals surface area contributed by atoms with Crippen LogP contribution in [0.25, 0.3) is 5.57 Å². The zero-order valence-corrected chi connectivity index (χ0v) is 17.5. The van der Waals surface area contributed by atoms with E-state index in [0.717, 1.165) is 47.9 Å². The second-order valence-electron chi connectivity index (χ2n) is 8.80. The van der Waals surface area contributed by atoms with Crippen LogP contribution in [0.4, 0.5) is 0 Å². The van der Waals surface area contributed by atoms with Gasteiger partial charge in [-0.3, -0.25) is 9.69 Å². The first-order chi connectivity index (χ1) is 12.3. The third kappa shape index (κ3) is 5.30. The number of aldehydes is 1. The van der Waals surface area contributed by atoms with Crippen LogP contribution in [0.2, 0.25) is 0 Å². The van der Waals surface area contributed by atoms with Crippen molar-refractivity contribution in [3.05, 3.63) is 41.0 Å². The fourth-order valence-electron chi connectivity index (χ4n) is 4.03. The molecule has 0 aliphatic carbocycles. The lowest BCUT2D eigenvalue weighted by atomic mass is 9.90. The Labute approximate surface area is 160 Å². The third-order valence-electron chi connectivity index (χ3n) is 5.70. The summed E-state index contributed by atoms with van der Waals surface area (Å²) < 4.78 is 0. The predicted octanol–water partition coefficient (Wildman–Crippen LogP) is 6.34. The van der Waals surface area contributed by atoms with Crippen molar-refractivity contribution in [2.75, 3.05) is 6.54 Å². The van der Waals surface area contributed by atoms with E-state index in [4.69, 9.17) is 0 Å². The quantitative estimate of drug-likeness (QED) is 0.457. The lowest BCUT2D eigenvalue weighted by Gasteiger charge is -2.24. The standard InChI is InChI=1S/C24H37NO/c1-7-8-20(10-9-17(2)3)13-25-14-21-11-23(16-26)24(12-22(21)15-25)19(6)18(4)5/h11-12,16-18,20H,6-10,13-15H2,1-5H3. The monoisotopic (exact) mass is 355 g/mol. The molecule has 2 rings (SSSR count). The molecule has 0 fully saturated rings. The minimum absolute atomic E-state index is 0.356. The highest BCUT2D eigenvalue weighted by molar-refractivity contribution is 5.86. The molecule has 0 aromatic heterocycles. The van der Waals surface area contributed by atoms with Crippen molar-refractivity contribution in [1.29, 1.82) is 0 Å². The molecule has 1 aromatic rings. The van der Waals surface area contributed by atoms with Crippen molar-refractivity contribution in [3.63, 3.8) is 0 Å². The molecule has 2 nitrogen and oxygen atoms in total. The molecule has 1 aromatic carbocycles. The maximum atomic E-state index is 11.6. The largest absolute Gasteiger partial charge is 0.298 e. The highest BCUT2D eigenvalue weighted by atomic mass is 16.1. The van der Waals surface area contributed by atoms with Crippen LogP contribution in [-0.2, 0) is 13.1 Å². The molecule has 1 heterocycles. The molecule has 0 saturated heterocycles. The Balaban J connectivity index is 2.11. The van der Waals surface area contributed by atoms with Gasteiger partial charge in [0, 0.05) is 25.2 Å². The Morgan fingerprint density at radius 3 is 2.31 bits per heavy atom. The summed E-state index contributed by atoms with van der Waals surface area (Å²) in [5.41, 5.74) is 5.61. The number of nitrogens with zero attached hydrogens (tertiary/aromatic N) is 1. The van der Waals surface area contributed by atoms with E-state index >= 15 is 0 Å². The Morgan fingerprint density at radius 1 is 1.12 bits per heavy atom. The van der Waals surface area contributed by atoms with Gasteiger partial charge in [-0.25, -0.2) is 0 Å². The first-order valence-corrected chi connectivity index (χ1v) is 10.4. The summed E-state index contributed by atoms with van der Waals surface area (Å²) in [5, 5.41) is 0. The van der Waals surface area contributed by atoms with Crippen molar-refractivity contribution in [2.24, 2.45) is 17.8 Å². The molecule has 0 N–H and O–H groups in total. The summed E-state index contributed by atoms with van der Waals surface area (Å²) in [6, 6.07) is 4.33. The van der Waals surface area contributed by atoms with Gasteiger partial charge in [-0.2, -0.15) is 0 Å². The molecule has 0 radical (unpaired) electrons. The minimum Gasteiger partial charge on any atom is -0.298 e. The first kappa shape index (κ1) is 20.9. The number of carbonyl (C=O) groups excluding carboxylic acids is 1. The number of carbonyl (C=O) groups is 1. The Morgan fingerprint density at radius 2 is 1.77 bits per heavy atom. The van der Waals surface area contributed by atoms with E-state index in [2.05, 4.69) is 58.2 Å². The normalized spacial score (nSPS) is 15.5. The molecule has 2 heteroatoms. The van der Waals surface area contributed by atoms with Crippen LogP contribution in [0.1, 0.15) is 87.4 Å². The van der Waals surface area contributed by atoms with Gasteiger partial charge in [0.05, 0.1) is 0 Å². The average molecular weight is 356 g/mol. The fourth-order valence-corrected chi connectivity index (χ4v) is 4.03. The summed E-state index contributed by atoms with van der Waals surface area (Å²) in [4.78, 5) is 14.2. The van der Waals surface area contributed by atoms with Crippen LogP contribution in [-0.4, -0.2) is 17.7 Å². The number of fused-ring (bicyclic) bond motifs is 1. The van der Waals surface area contributed by atoms with Gasteiger partial charge in [-0.05, 0) is 65.0 Å². The number of hydrogen-bond acceptors (Lipinski definition) is 2. The topological polar surface area (TPSA) is 20.3 Å². The number of rotatable bonds is 10. The van der Waals surface area contributed by atoms with Gasteiger partial charge in [0.25, 0.3) is 0 Å². The first-order valence-electron chi connectivity index (χ1n) is 10.4. The molecular formula is C24H37NO. The van der Waals surface area contributed by atoms with Crippen LogP contribution < -0.4 is 0 Å². The van der Waals surface area contributed by atoms with Gasteiger partial charge >= 0.3 is 0 Å². The van der Waals surface area contributed by atoms with Gasteiger partial charge in [-0.15, -0.1) is 0 Å². The summed E-state index contributed by atoms with van der Waals surface area (Å²) in [6.07, 6.45) is 6.21. The van der Waals surface area contributed by atoms with Crippen molar-refractivity contribution in [2.45, 2.75) is 73.4 Å². The lowest BCUT2D eigenvalue weighted by Crippen LogP contribution is -2.25. The van der Waals surface area contributed by atoms with Gasteiger partial charge < -0.3 is 0 Å². The Kier molecular flexibility index (Phi) is 7.64. The van der Waals surface area contributed by atoms with Crippen molar-refractivity contribution >= 4 is 11.9 Å². The van der Waals surface area contributed by atoms with E-state index in [1.165, 1.54) is 43.4 Å². The molecule has 0 spiro atoms. The third-order valence-corrected chi connectivity index (χ3v) is 5.70. The summed E-state index contributed by atoms with van der Waals surface area (Å²) in [7, 11) is 0. The van der Waals surface area contributed by atoms with Gasteiger partial charge in [0.2, 0.25) is 0 Å². The van der Waals surface area contributed by atoms with Crippen LogP contribution >= 0.6 is 0 Å². The van der Waals surface area contributed by atoms with Gasteiger partial charge in [0.1, 0.15) is 0 Å². The highest BCUT2D eigenvalue weighted by Gasteiger charge is 2.24. The zero-order chi connectivity index (χ0) is 19.3. The van der Waals surface area contributed by atoms with Gasteiger partial charge in [0.15, 0.2) is 6.29 Å². The molecule has 0 bridgehead atoms. The highest BCUT2D eigenvalue weighted by Crippen LogP contribution is 2.32. The molecule has 0 amide bonds. The second kappa shape index (κ2) is 9.50. The smallest absolute Gasteiger partial charge is 0.150 e. The second-order valence-corrected chi connectivity index (χ2v) is 8.80. The van der Waals surface area contributed by atoms with Crippen molar-refractivity contribution < 1.29 is 4.79 Å². The molecule has 0 saturated carbocycles. The molecule has 1 unspecified atom stereocenters. The van der Waals surface area contributed by atoms with E-state index in [1.807, 2.05) is 0 Å². The van der Waals surface area contributed by atoms with E-state index < -0.39 is 0 Å².